The molecule has 0 spiro atoms. The van der Waals surface area contributed by atoms with Gasteiger partial charge in [0.25, 0.3) is 12.0 Å². The molecule has 12 heavy (non-hydrogen) atoms. The van der Waals surface area contributed by atoms with Gasteiger partial charge in [0.1, 0.15) is 11.3 Å². The minimum atomic E-state index is -3.03. The maximum absolute atomic E-state index is 12.0. The van der Waals surface area contributed by atoms with Gasteiger partial charge in [0.05, 0.1) is 5.02 Å². The van der Waals surface area contributed by atoms with Crippen molar-refractivity contribution < 1.29 is 13.9 Å². The van der Waals surface area contributed by atoms with Crippen LogP contribution in [0.15, 0.2) is 11.0 Å². The van der Waals surface area contributed by atoms with Crippen LogP contribution in [0.5, 0.6) is 5.75 Å². The number of aromatic nitrogens is 1. The van der Waals surface area contributed by atoms with Gasteiger partial charge < -0.3 is 10.1 Å². The van der Waals surface area contributed by atoms with Crippen LogP contribution in [0.4, 0.5) is 8.78 Å². The second kappa shape index (κ2) is 3.10. The minimum absolute atomic E-state index is 0.301. The summed E-state index contributed by atoms with van der Waals surface area (Å²) >= 11 is 5.28. The van der Waals surface area contributed by atoms with Crippen LogP contribution in [0.2, 0.25) is 5.02 Å². The Morgan fingerprint density at radius 1 is 1.58 bits per heavy atom. The molecular formula is C6H4ClF2NO2. The number of rotatable bonds is 1. The van der Waals surface area contributed by atoms with E-state index in [1.165, 1.54) is 0 Å². The van der Waals surface area contributed by atoms with E-state index in [1.807, 2.05) is 4.98 Å². The van der Waals surface area contributed by atoms with Crippen molar-refractivity contribution in [1.29, 1.82) is 0 Å². The summed E-state index contributed by atoms with van der Waals surface area (Å²) in [7, 11) is 0. The van der Waals surface area contributed by atoms with Gasteiger partial charge in [-0.2, -0.15) is 0 Å². The number of hydrogen-bond donors (Lipinski definition) is 2. The number of aromatic hydroxyl groups is 1. The lowest BCUT2D eigenvalue weighted by molar-refractivity contribution is 0.145. The summed E-state index contributed by atoms with van der Waals surface area (Å²) in [5.74, 6) is -0.865. The van der Waals surface area contributed by atoms with Gasteiger partial charge in [-0.05, 0) is 0 Å². The predicted octanol–water partition coefficient (Wildman–Crippen LogP) is 1.67. The Hall–Kier alpha value is -1.10. The fraction of sp³-hybridized carbons (Fsp3) is 0.167. The fourth-order valence-corrected chi connectivity index (χ4v) is 0.870. The Morgan fingerprint density at radius 2 is 2.17 bits per heavy atom. The van der Waals surface area contributed by atoms with Crippen LogP contribution < -0.4 is 5.56 Å². The molecule has 1 heterocycles. The van der Waals surface area contributed by atoms with Crippen LogP contribution >= 0.6 is 11.6 Å². The number of halogens is 3. The zero-order valence-electron chi connectivity index (χ0n) is 5.64. The van der Waals surface area contributed by atoms with Gasteiger partial charge >= 0.3 is 0 Å². The Labute approximate surface area is 70.6 Å². The lowest BCUT2D eigenvalue weighted by Crippen LogP contribution is -2.12. The average Bonchev–Trinajstić information content (AvgIpc) is 1.97. The Kier molecular flexibility index (Phi) is 2.32. The Bertz CT molecular complexity index is 350. The molecule has 0 fully saturated rings. The molecule has 0 aliphatic rings. The molecule has 6 heteroatoms. The van der Waals surface area contributed by atoms with Crippen molar-refractivity contribution in [2.45, 2.75) is 6.43 Å². The highest BCUT2D eigenvalue weighted by Crippen LogP contribution is 2.29. The molecule has 1 aromatic heterocycles. The molecule has 66 valence electrons. The number of H-pyrrole nitrogens is 1. The van der Waals surface area contributed by atoms with Gasteiger partial charge in [-0.15, -0.1) is 0 Å². The summed E-state index contributed by atoms with van der Waals surface area (Å²) < 4.78 is 24.1. The van der Waals surface area contributed by atoms with Crippen molar-refractivity contribution in [1.82, 2.24) is 4.98 Å². The van der Waals surface area contributed by atoms with E-state index in [-0.39, 0.29) is 5.02 Å². The van der Waals surface area contributed by atoms with Crippen molar-refractivity contribution in [2.75, 3.05) is 0 Å². The average molecular weight is 196 g/mol. The monoisotopic (exact) mass is 195 g/mol. The normalized spacial score (nSPS) is 10.7. The van der Waals surface area contributed by atoms with Crippen molar-refractivity contribution >= 4 is 11.6 Å². The van der Waals surface area contributed by atoms with Gasteiger partial charge in [-0.3, -0.25) is 4.79 Å². The van der Waals surface area contributed by atoms with Crippen molar-refractivity contribution in [3.05, 3.63) is 27.1 Å². The third kappa shape index (κ3) is 1.40. The summed E-state index contributed by atoms with van der Waals surface area (Å²) in [6.07, 6.45) is -2.09. The second-order valence-corrected chi connectivity index (χ2v) is 2.44. The quantitative estimate of drug-likeness (QED) is 0.716. The first-order valence-corrected chi connectivity index (χ1v) is 3.30. The molecule has 0 saturated carbocycles. The summed E-state index contributed by atoms with van der Waals surface area (Å²) in [5.41, 5.74) is -2.03. The molecule has 2 N–H and O–H groups in total. The van der Waals surface area contributed by atoms with Crippen LogP contribution in [0.25, 0.3) is 0 Å². The maximum atomic E-state index is 12.0. The van der Waals surface area contributed by atoms with Gasteiger partial charge in [-0.1, -0.05) is 11.6 Å². The molecule has 1 rings (SSSR count). The van der Waals surface area contributed by atoms with E-state index >= 15 is 0 Å². The van der Waals surface area contributed by atoms with Crippen LogP contribution in [0.3, 0.4) is 0 Å². The molecule has 0 aromatic carbocycles. The first-order valence-electron chi connectivity index (χ1n) is 2.92. The van der Waals surface area contributed by atoms with Gasteiger partial charge in [0.2, 0.25) is 0 Å². The highest BCUT2D eigenvalue weighted by atomic mass is 35.5. The van der Waals surface area contributed by atoms with Crippen LogP contribution in [-0.2, 0) is 0 Å². The first-order chi connectivity index (χ1) is 5.54. The standard InChI is InChI=1S/C6H4ClF2NO2/c7-2-1-10-6(12)3(4(2)11)5(8)9/h1,5H,(H2,10,11,12). The van der Waals surface area contributed by atoms with E-state index in [0.717, 1.165) is 6.20 Å². The second-order valence-electron chi connectivity index (χ2n) is 2.03. The number of pyridine rings is 1. The Morgan fingerprint density at radius 3 is 2.58 bits per heavy atom. The highest BCUT2D eigenvalue weighted by Gasteiger charge is 2.19. The SMILES string of the molecule is O=c1[nH]cc(Cl)c(O)c1C(F)F. The highest BCUT2D eigenvalue weighted by molar-refractivity contribution is 6.31. The molecular weight excluding hydrogens is 192 g/mol. The van der Waals surface area contributed by atoms with E-state index in [2.05, 4.69) is 0 Å². The molecule has 0 atom stereocenters. The zero-order valence-corrected chi connectivity index (χ0v) is 6.40. The van der Waals surface area contributed by atoms with E-state index in [9.17, 15) is 13.6 Å². The van der Waals surface area contributed by atoms with Gasteiger partial charge in [0.15, 0.2) is 0 Å². The molecule has 3 nitrogen and oxygen atoms in total. The third-order valence-corrected chi connectivity index (χ3v) is 1.56. The van der Waals surface area contributed by atoms with Crippen LogP contribution in [-0.4, -0.2) is 10.1 Å². The maximum Gasteiger partial charge on any atom is 0.272 e. The lowest BCUT2D eigenvalue weighted by atomic mass is 10.2. The number of nitrogens with one attached hydrogen (secondary N) is 1. The van der Waals surface area contributed by atoms with Crippen LogP contribution in [0.1, 0.15) is 12.0 Å². The largest absolute Gasteiger partial charge is 0.506 e. The predicted molar refractivity (Wildman–Crippen MR) is 38.7 cm³/mol. The summed E-state index contributed by atoms with van der Waals surface area (Å²) in [6.45, 7) is 0. The number of alkyl halides is 2. The van der Waals surface area contributed by atoms with Crippen LogP contribution in [0, 0.1) is 0 Å². The molecule has 0 amide bonds. The third-order valence-electron chi connectivity index (χ3n) is 1.27. The summed E-state index contributed by atoms with van der Waals surface area (Å²) in [4.78, 5) is 12.6. The molecule has 1 aromatic rings. The molecule has 0 saturated heterocycles. The Balaban J connectivity index is 3.43. The van der Waals surface area contributed by atoms with E-state index in [1.54, 1.807) is 0 Å². The molecule has 0 unspecified atom stereocenters. The first kappa shape index (κ1) is 8.99. The lowest BCUT2D eigenvalue weighted by Gasteiger charge is -2.02. The van der Waals surface area contributed by atoms with Gasteiger partial charge in [-0.25, -0.2) is 8.78 Å². The molecule has 0 bridgehead atoms. The van der Waals surface area contributed by atoms with Crippen molar-refractivity contribution in [3.8, 4) is 5.75 Å². The van der Waals surface area contributed by atoms with E-state index < -0.39 is 23.3 Å². The smallest absolute Gasteiger partial charge is 0.272 e. The number of hydrogen-bond acceptors (Lipinski definition) is 2. The van der Waals surface area contributed by atoms with Crippen molar-refractivity contribution in [2.24, 2.45) is 0 Å². The molecule has 0 radical (unpaired) electrons. The minimum Gasteiger partial charge on any atom is -0.506 e. The molecule has 0 aliphatic carbocycles. The van der Waals surface area contributed by atoms with E-state index in [0.29, 0.717) is 0 Å². The van der Waals surface area contributed by atoms with Gasteiger partial charge in [0, 0.05) is 6.20 Å². The van der Waals surface area contributed by atoms with Crippen molar-refractivity contribution in [3.63, 3.8) is 0 Å². The number of aromatic amines is 1. The zero-order chi connectivity index (χ0) is 9.30. The summed E-state index contributed by atoms with van der Waals surface area (Å²) in [6, 6.07) is 0. The fourth-order valence-electron chi connectivity index (χ4n) is 0.714. The summed E-state index contributed by atoms with van der Waals surface area (Å²) in [5, 5.41) is 8.62. The molecule has 0 aliphatic heterocycles. The topological polar surface area (TPSA) is 53.1 Å². The van der Waals surface area contributed by atoms with E-state index in [4.69, 9.17) is 16.7 Å².